The minimum atomic E-state index is -0.886. The normalized spacial score (nSPS) is 22.8. The van der Waals surface area contributed by atoms with Crippen LogP contribution in [0, 0.1) is 18.3 Å². The van der Waals surface area contributed by atoms with Gasteiger partial charge in [0.15, 0.2) is 17.1 Å². The number of aromatic nitrogens is 4. The molecule has 0 bridgehead atoms. The Labute approximate surface area is 233 Å². The highest BCUT2D eigenvalue weighted by atomic mass is 16.7. The van der Waals surface area contributed by atoms with Crippen molar-refractivity contribution in [2.45, 2.75) is 64.0 Å². The van der Waals surface area contributed by atoms with Gasteiger partial charge < -0.3 is 18.8 Å². The van der Waals surface area contributed by atoms with Crippen molar-refractivity contribution in [3.8, 4) is 17.6 Å². The Morgan fingerprint density at radius 1 is 1.07 bits per heavy atom. The Balaban J connectivity index is 1.07. The average Bonchev–Trinajstić information content (AvgIpc) is 3.47. The Hall–Kier alpha value is -4.00. The van der Waals surface area contributed by atoms with Gasteiger partial charge in [-0.15, -0.1) is 0 Å². The zero-order valence-corrected chi connectivity index (χ0v) is 22.8. The van der Waals surface area contributed by atoms with E-state index in [1.165, 1.54) is 5.56 Å². The number of nitrogens with zero attached hydrogens (tertiary/aromatic N) is 6. The van der Waals surface area contributed by atoms with E-state index in [1.54, 1.807) is 6.20 Å². The predicted molar refractivity (Wildman–Crippen MR) is 148 cm³/mol. The van der Waals surface area contributed by atoms with E-state index in [0.717, 1.165) is 91.8 Å². The number of hydrogen-bond acceptors (Lipinski definition) is 8. The van der Waals surface area contributed by atoms with Crippen LogP contribution in [0.5, 0.6) is 11.5 Å². The van der Waals surface area contributed by atoms with Crippen LogP contribution in [0.1, 0.15) is 60.3 Å². The number of hydrogen-bond donors (Lipinski definition) is 0. The number of piperidine rings is 1. The number of aryl methyl sites for hydroxylation is 1. The van der Waals surface area contributed by atoms with Gasteiger partial charge in [-0.05, 0) is 69.5 Å². The van der Waals surface area contributed by atoms with Crippen LogP contribution in [-0.4, -0.2) is 50.2 Å². The summed E-state index contributed by atoms with van der Waals surface area (Å²) in [6, 6.07) is 14.2. The van der Waals surface area contributed by atoms with Crippen LogP contribution in [-0.2, 0) is 23.6 Å². The molecule has 0 spiro atoms. The monoisotopic (exact) mass is 536 g/mol. The Bertz CT molecular complexity index is 1600. The molecule has 9 heteroatoms. The van der Waals surface area contributed by atoms with Crippen LogP contribution in [0.3, 0.4) is 0 Å². The number of fused-ring (bicyclic) bond motifs is 2. The first-order valence-electron chi connectivity index (χ1n) is 14.0. The zero-order chi connectivity index (χ0) is 27.3. The largest absolute Gasteiger partial charge is 0.444 e. The summed E-state index contributed by atoms with van der Waals surface area (Å²) in [7, 11) is 0. The van der Waals surface area contributed by atoms with Crippen molar-refractivity contribution in [3.63, 3.8) is 0 Å². The average molecular weight is 537 g/mol. The first-order valence-corrected chi connectivity index (χ1v) is 14.0. The van der Waals surface area contributed by atoms with Gasteiger partial charge >= 0.3 is 0 Å². The molecule has 7 rings (SSSR count). The molecule has 2 saturated heterocycles. The van der Waals surface area contributed by atoms with Crippen LogP contribution in [0.2, 0.25) is 0 Å². The summed E-state index contributed by atoms with van der Waals surface area (Å²) >= 11 is 0. The molecule has 0 saturated carbocycles. The fourth-order valence-electron chi connectivity index (χ4n) is 5.99. The van der Waals surface area contributed by atoms with Crippen molar-refractivity contribution in [3.05, 3.63) is 77.0 Å². The molecular formula is C31H32N6O3. The second-order valence-electron chi connectivity index (χ2n) is 11.2. The molecule has 2 fully saturated rings. The second-order valence-corrected chi connectivity index (χ2v) is 11.2. The van der Waals surface area contributed by atoms with E-state index in [-0.39, 0.29) is 6.10 Å². The molecule has 0 N–H and O–H groups in total. The summed E-state index contributed by atoms with van der Waals surface area (Å²) in [6.45, 7) is 8.13. The van der Waals surface area contributed by atoms with Gasteiger partial charge in [-0.2, -0.15) is 5.26 Å². The fraction of sp³-hybridized carbons (Fsp3) is 0.419. The number of rotatable bonds is 6. The Kier molecular flexibility index (Phi) is 6.17. The van der Waals surface area contributed by atoms with Gasteiger partial charge in [-0.3, -0.25) is 9.88 Å². The van der Waals surface area contributed by atoms with Crippen LogP contribution < -0.4 is 9.47 Å². The van der Waals surface area contributed by atoms with Crippen molar-refractivity contribution in [2.75, 3.05) is 19.7 Å². The molecule has 4 aromatic rings. The van der Waals surface area contributed by atoms with Gasteiger partial charge in [0.25, 0.3) is 5.79 Å². The summed E-state index contributed by atoms with van der Waals surface area (Å²) in [6.07, 6.45) is 6.75. The van der Waals surface area contributed by atoms with Gasteiger partial charge in [-0.1, -0.05) is 12.1 Å². The molecule has 0 radical (unpaired) electrons. The highest BCUT2D eigenvalue weighted by Crippen LogP contribution is 2.49. The van der Waals surface area contributed by atoms with Crippen LogP contribution >= 0.6 is 0 Å². The van der Waals surface area contributed by atoms with Gasteiger partial charge in [0, 0.05) is 37.2 Å². The minimum absolute atomic E-state index is 0.197. The van der Waals surface area contributed by atoms with Crippen molar-refractivity contribution >= 4 is 11.2 Å². The lowest BCUT2D eigenvalue weighted by Gasteiger charge is -2.33. The third-order valence-corrected chi connectivity index (χ3v) is 8.41. The van der Waals surface area contributed by atoms with Crippen molar-refractivity contribution < 1.29 is 14.2 Å². The molecule has 0 unspecified atom stereocenters. The maximum atomic E-state index is 9.33. The SMILES string of the molecule is Cc1ccc([C@@]2(C)Oc3cccc(C4CCN(Cc5nc6cc(C#N)cnc6n5C[C@@H]5CCO5)CC4)c3O2)cn1. The molecule has 1 aromatic carbocycles. The maximum Gasteiger partial charge on any atom is 0.277 e. The van der Waals surface area contributed by atoms with E-state index in [9.17, 15) is 5.26 Å². The molecule has 3 aliphatic heterocycles. The predicted octanol–water partition coefficient (Wildman–Crippen LogP) is 4.82. The van der Waals surface area contributed by atoms with E-state index in [4.69, 9.17) is 19.2 Å². The van der Waals surface area contributed by atoms with E-state index in [1.807, 2.05) is 44.3 Å². The molecule has 3 aromatic heterocycles. The van der Waals surface area contributed by atoms with E-state index in [2.05, 4.69) is 37.6 Å². The smallest absolute Gasteiger partial charge is 0.277 e. The molecule has 0 amide bonds. The summed E-state index contributed by atoms with van der Waals surface area (Å²) < 4.78 is 20.8. The number of likely N-dealkylation sites (tertiary alicyclic amines) is 1. The molecule has 0 aliphatic carbocycles. The lowest BCUT2D eigenvalue weighted by molar-refractivity contribution is -0.0688. The summed E-state index contributed by atoms with van der Waals surface area (Å²) in [5, 5.41) is 9.33. The molecular weight excluding hydrogens is 504 g/mol. The highest BCUT2D eigenvalue weighted by Gasteiger charge is 2.41. The molecule has 204 valence electrons. The Morgan fingerprint density at radius 2 is 1.93 bits per heavy atom. The van der Waals surface area contributed by atoms with Crippen molar-refractivity contribution in [1.82, 2.24) is 24.4 Å². The number of para-hydroxylation sites is 1. The molecule has 2 atom stereocenters. The molecule has 6 heterocycles. The topological polar surface area (TPSA) is 98.3 Å². The van der Waals surface area contributed by atoms with Crippen molar-refractivity contribution in [2.24, 2.45) is 0 Å². The third-order valence-electron chi connectivity index (χ3n) is 8.41. The second kappa shape index (κ2) is 9.88. The highest BCUT2D eigenvalue weighted by molar-refractivity contribution is 5.73. The first kappa shape index (κ1) is 25.0. The molecule has 3 aliphatic rings. The number of ether oxygens (including phenoxy) is 3. The quantitative estimate of drug-likeness (QED) is 0.346. The molecule has 40 heavy (non-hydrogen) atoms. The van der Waals surface area contributed by atoms with E-state index < -0.39 is 5.79 Å². The fourth-order valence-corrected chi connectivity index (χ4v) is 5.99. The summed E-state index contributed by atoms with van der Waals surface area (Å²) in [4.78, 5) is 16.4. The lowest BCUT2D eigenvalue weighted by atomic mass is 9.88. The number of pyridine rings is 2. The van der Waals surface area contributed by atoms with E-state index in [0.29, 0.717) is 11.5 Å². The number of nitriles is 1. The lowest BCUT2D eigenvalue weighted by Crippen LogP contribution is -2.35. The number of imidazole rings is 1. The van der Waals surface area contributed by atoms with E-state index >= 15 is 0 Å². The summed E-state index contributed by atoms with van der Waals surface area (Å²) in [5.74, 6) is 2.12. The standard InChI is InChI=1S/C31H32N6O3/c1-20-6-7-23(17-33-20)31(2)39-27-5-3-4-25(29(27)40-31)22-8-11-36(12-9-22)19-28-35-26-14-21(15-32)16-34-30(26)37(28)18-24-10-13-38-24/h3-7,14,16-17,22,24H,8-13,18-19H2,1-2H3/t24-,31-/m0/s1. The van der Waals surface area contributed by atoms with Gasteiger partial charge in [-0.25, -0.2) is 9.97 Å². The third kappa shape index (κ3) is 4.47. The Morgan fingerprint density at radius 3 is 2.65 bits per heavy atom. The van der Waals surface area contributed by atoms with Crippen LogP contribution in [0.25, 0.3) is 11.2 Å². The maximum absolute atomic E-state index is 9.33. The minimum Gasteiger partial charge on any atom is -0.444 e. The van der Waals surface area contributed by atoms with Gasteiger partial charge in [0.2, 0.25) is 0 Å². The van der Waals surface area contributed by atoms with Crippen LogP contribution in [0.4, 0.5) is 0 Å². The first-order chi connectivity index (χ1) is 19.5. The van der Waals surface area contributed by atoms with Gasteiger partial charge in [0.1, 0.15) is 17.4 Å². The molecule has 9 nitrogen and oxygen atoms in total. The van der Waals surface area contributed by atoms with Gasteiger partial charge in [0.05, 0.1) is 30.3 Å². The van der Waals surface area contributed by atoms with Crippen LogP contribution in [0.15, 0.2) is 48.8 Å². The number of benzene rings is 1. The van der Waals surface area contributed by atoms with Crippen molar-refractivity contribution in [1.29, 1.82) is 5.26 Å². The summed E-state index contributed by atoms with van der Waals surface area (Å²) in [5.41, 5.74) is 5.20. The zero-order valence-electron chi connectivity index (χ0n) is 22.8.